The first-order chi connectivity index (χ1) is 12.2. The van der Waals surface area contributed by atoms with E-state index in [1.165, 1.54) is 0 Å². The van der Waals surface area contributed by atoms with Gasteiger partial charge in [-0.25, -0.2) is 0 Å². The van der Waals surface area contributed by atoms with E-state index in [1.54, 1.807) is 0 Å². The molecule has 1 amide bonds. The van der Waals surface area contributed by atoms with Crippen molar-refractivity contribution in [2.75, 3.05) is 52.5 Å². The molecule has 6 heteroatoms. The number of ether oxygens (including phenoxy) is 2. The number of benzene rings is 1. The van der Waals surface area contributed by atoms with Crippen LogP contribution in [0, 0.1) is 0 Å². The molecular formula is C19H29N3O3. The Kier molecular flexibility index (Phi) is 6.15. The molecule has 1 aromatic rings. The summed E-state index contributed by atoms with van der Waals surface area (Å²) in [7, 11) is 0. The van der Waals surface area contributed by atoms with Crippen molar-refractivity contribution in [1.82, 2.24) is 15.1 Å². The molecule has 1 atom stereocenters. The Morgan fingerprint density at radius 1 is 1.12 bits per heavy atom. The van der Waals surface area contributed by atoms with Crippen LogP contribution in [0.5, 0.6) is 11.5 Å². The minimum atomic E-state index is -0.0414. The number of hydrogen-bond donors (Lipinski definition) is 1. The van der Waals surface area contributed by atoms with Crippen LogP contribution in [0.1, 0.15) is 31.9 Å². The van der Waals surface area contributed by atoms with E-state index < -0.39 is 0 Å². The molecule has 1 aromatic carbocycles. The van der Waals surface area contributed by atoms with Gasteiger partial charge in [-0.2, -0.15) is 0 Å². The second-order valence-corrected chi connectivity index (χ2v) is 6.72. The van der Waals surface area contributed by atoms with Crippen molar-refractivity contribution in [3.8, 4) is 11.5 Å². The maximum Gasteiger partial charge on any atom is 0.221 e. The van der Waals surface area contributed by atoms with Crippen LogP contribution in [0.4, 0.5) is 0 Å². The standard InChI is InChI=1S/C19H29N3O3/c1-3-21-8-10-22(11-9-21)7-6-19(23)20-15(2)16-4-5-17-18(14-16)25-13-12-24-17/h4-5,14-15H,3,6-13H2,1-2H3,(H,20,23)/t15-/m1/s1. The highest BCUT2D eigenvalue weighted by Crippen LogP contribution is 2.32. The average molecular weight is 347 g/mol. The lowest BCUT2D eigenvalue weighted by molar-refractivity contribution is -0.122. The Labute approximate surface area is 150 Å². The lowest BCUT2D eigenvalue weighted by Crippen LogP contribution is -2.47. The van der Waals surface area contributed by atoms with Gasteiger partial charge in [-0.1, -0.05) is 13.0 Å². The smallest absolute Gasteiger partial charge is 0.221 e. The monoisotopic (exact) mass is 347 g/mol. The molecule has 2 aliphatic rings. The summed E-state index contributed by atoms with van der Waals surface area (Å²) < 4.78 is 11.2. The molecular weight excluding hydrogens is 318 g/mol. The minimum Gasteiger partial charge on any atom is -0.486 e. The van der Waals surface area contributed by atoms with Crippen LogP contribution in [-0.2, 0) is 4.79 Å². The molecule has 2 aliphatic heterocycles. The molecule has 0 saturated carbocycles. The number of hydrogen-bond acceptors (Lipinski definition) is 5. The van der Waals surface area contributed by atoms with Gasteiger partial charge in [0.2, 0.25) is 5.91 Å². The SMILES string of the molecule is CCN1CCN(CCC(=O)N[C@H](C)c2ccc3c(c2)OCCO3)CC1. The van der Waals surface area contributed by atoms with Crippen molar-refractivity contribution < 1.29 is 14.3 Å². The fourth-order valence-corrected chi connectivity index (χ4v) is 3.32. The van der Waals surface area contributed by atoms with Crippen molar-refractivity contribution in [2.24, 2.45) is 0 Å². The number of carbonyl (C=O) groups is 1. The zero-order chi connectivity index (χ0) is 17.6. The number of amides is 1. The highest BCUT2D eigenvalue weighted by Gasteiger charge is 2.18. The zero-order valence-corrected chi connectivity index (χ0v) is 15.3. The summed E-state index contributed by atoms with van der Waals surface area (Å²) in [6, 6.07) is 5.83. The summed E-state index contributed by atoms with van der Waals surface area (Å²) in [5.74, 6) is 1.64. The van der Waals surface area contributed by atoms with Crippen molar-refractivity contribution in [1.29, 1.82) is 0 Å². The molecule has 0 radical (unpaired) electrons. The van der Waals surface area contributed by atoms with Crippen molar-refractivity contribution >= 4 is 5.91 Å². The molecule has 25 heavy (non-hydrogen) atoms. The fraction of sp³-hybridized carbons (Fsp3) is 0.632. The minimum absolute atomic E-state index is 0.0414. The number of piperazine rings is 1. The third-order valence-electron chi connectivity index (χ3n) is 5.01. The Balaban J connectivity index is 1.44. The lowest BCUT2D eigenvalue weighted by atomic mass is 10.1. The van der Waals surface area contributed by atoms with Crippen molar-refractivity contribution in [3.63, 3.8) is 0 Å². The van der Waals surface area contributed by atoms with E-state index in [2.05, 4.69) is 22.0 Å². The number of fused-ring (bicyclic) bond motifs is 1. The maximum absolute atomic E-state index is 12.3. The highest BCUT2D eigenvalue weighted by molar-refractivity contribution is 5.76. The molecule has 0 aromatic heterocycles. The molecule has 138 valence electrons. The van der Waals surface area contributed by atoms with Gasteiger partial charge in [-0.05, 0) is 31.2 Å². The average Bonchev–Trinajstić information content (AvgIpc) is 2.66. The molecule has 0 unspecified atom stereocenters. The first-order valence-electron chi connectivity index (χ1n) is 9.29. The molecule has 1 fully saturated rings. The maximum atomic E-state index is 12.3. The molecule has 1 saturated heterocycles. The highest BCUT2D eigenvalue weighted by atomic mass is 16.6. The van der Waals surface area contributed by atoms with E-state index in [-0.39, 0.29) is 11.9 Å². The third kappa shape index (κ3) is 4.86. The van der Waals surface area contributed by atoms with Crippen molar-refractivity contribution in [2.45, 2.75) is 26.3 Å². The molecule has 6 nitrogen and oxygen atoms in total. The second kappa shape index (κ2) is 8.54. The van der Waals surface area contributed by atoms with E-state index >= 15 is 0 Å². The topological polar surface area (TPSA) is 54.0 Å². The lowest BCUT2D eigenvalue weighted by Gasteiger charge is -2.33. The van der Waals surface area contributed by atoms with E-state index in [0.29, 0.717) is 19.6 Å². The van der Waals surface area contributed by atoms with E-state index in [1.807, 2.05) is 25.1 Å². The Morgan fingerprint density at radius 3 is 2.52 bits per heavy atom. The van der Waals surface area contributed by atoms with E-state index in [9.17, 15) is 4.79 Å². The van der Waals surface area contributed by atoms with Crippen LogP contribution in [0.15, 0.2) is 18.2 Å². The Hall–Kier alpha value is -1.79. The predicted molar refractivity (Wildman–Crippen MR) is 97.2 cm³/mol. The summed E-state index contributed by atoms with van der Waals surface area (Å²) in [6.45, 7) is 11.6. The number of nitrogens with one attached hydrogen (secondary N) is 1. The quantitative estimate of drug-likeness (QED) is 0.848. The van der Waals surface area contributed by atoms with Gasteiger partial charge in [-0.15, -0.1) is 0 Å². The van der Waals surface area contributed by atoms with E-state index in [0.717, 1.165) is 56.3 Å². The van der Waals surface area contributed by atoms with Gasteiger partial charge >= 0.3 is 0 Å². The van der Waals surface area contributed by atoms with Gasteiger partial charge in [0.05, 0.1) is 6.04 Å². The number of carbonyl (C=O) groups excluding carboxylic acids is 1. The Morgan fingerprint density at radius 2 is 1.80 bits per heavy atom. The van der Waals surface area contributed by atoms with Crippen LogP contribution in [0.2, 0.25) is 0 Å². The molecule has 1 N–H and O–H groups in total. The van der Waals surface area contributed by atoms with Gasteiger partial charge < -0.3 is 24.6 Å². The van der Waals surface area contributed by atoms with Crippen LogP contribution >= 0.6 is 0 Å². The number of rotatable bonds is 6. The zero-order valence-electron chi connectivity index (χ0n) is 15.3. The van der Waals surface area contributed by atoms with Crippen LogP contribution in [0.25, 0.3) is 0 Å². The normalized spacial score (nSPS) is 19.4. The molecule has 2 heterocycles. The van der Waals surface area contributed by atoms with Crippen LogP contribution in [-0.4, -0.2) is 68.2 Å². The molecule has 0 spiro atoms. The first-order valence-corrected chi connectivity index (χ1v) is 9.29. The first kappa shape index (κ1) is 18.0. The summed E-state index contributed by atoms with van der Waals surface area (Å²) in [5, 5.41) is 3.09. The number of likely N-dealkylation sites (N-methyl/N-ethyl adjacent to an activating group) is 1. The van der Waals surface area contributed by atoms with Crippen LogP contribution in [0.3, 0.4) is 0 Å². The van der Waals surface area contributed by atoms with Gasteiger partial charge in [0.15, 0.2) is 11.5 Å². The van der Waals surface area contributed by atoms with E-state index in [4.69, 9.17) is 9.47 Å². The Bertz CT molecular complexity index is 585. The van der Waals surface area contributed by atoms with Gasteiger partial charge in [0, 0.05) is 39.1 Å². The summed E-state index contributed by atoms with van der Waals surface area (Å²) in [4.78, 5) is 17.1. The number of nitrogens with zero attached hydrogens (tertiary/aromatic N) is 2. The largest absolute Gasteiger partial charge is 0.486 e. The van der Waals surface area contributed by atoms with Crippen LogP contribution < -0.4 is 14.8 Å². The van der Waals surface area contributed by atoms with Crippen molar-refractivity contribution in [3.05, 3.63) is 23.8 Å². The van der Waals surface area contributed by atoms with Gasteiger partial charge in [0.25, 0.3) is 0 Å². The summed E-state index contributed by atoms with van der Waals surface area (Å²) >= 11 is 0. The molecule has 3 rings (SSSR count). The molecule has 0 bridgehead atoms. The summed E-state index contributed by atoms with van der Waals surface area (Å²) in [6.07, 6.45) is 0.543. The predicted octanol–water partition coefficient (Wildman–Crippen LogP) is 1.66. The second-order valence-electron chi connectivity index (χ2n) is 6.72. The fourth-order valence-electron chi connectivity index (χ4n) is 3.32. The summed E-state index contributed by atoms with van der Waals surface area (Å²) in [5.41, 5.74) is 1.04. The van der Waals surface area contributed by atoms with Gasteiger partial charge in [0.1, 0.15) is 13.2 Å². The molecule has 0 aliphatic carbocycles. The third-order valence-corrected chi connectivity index (χ3v) is 5.01. The van der Waals surface area contributed by atoms with Gasteiger partial charge in [-0.3, -0.25) is 4.79 Å².